The van der Waals surface area contributed by atoms with Gasteiger partial charge in [-0.3, -0.25) is 5.32 Å². The number of carbonyl (C=O) groups is 2. The molecule has 21 heavy (non-hydrogen) atoms. The van der Waals surface area contributed by atoms with Crippen LogP contribution in [0.1, 0.15) is 43.7 Å². The van der Waals surface area contributed by atoms with Crippen molar-refractivity contribution in [3.8, 4) is 0 Å². The molecule has 0 spiro atoms. The van der Waals surface area contributed by atoms with E-state index in [0.29, 0.717) is 5.56 Å². The molecule has 1 amide bonds. The van der Waals surface area contributed by atoms with Crippen LogP contribution in [0.3, 0.4) is 0 Å². The summed E-state index contributed by atoms with van der Waals surface area (Å²) < 4.78 is 10.1. The molecule has 0 bridgehead atoms. The second-order valence-electron chi connectivity index (χ2n) is 5.22. The van der Waals surface area contributed by atoms with Gasteiger partial charge in [-0.25, -0.2) is 14.6 Å². The molecule has 6 nitrogen and oxygen atoms in total. The highest BCUT2D eigenvalue weighted by Gasteiger charge is 2.20. The summed E-state index contributed by atoms with van der Waals surface area (Å²) >= 11 is 0. The zero-order chi connectivity index (χ0) is 16.0. The van der Waals surface area contributed by atoms with Gasteiger partial charge < -0.3 is 9.47 Å². The molecular formula is C15H20N2O4. The van der Waals surface area contributed by atoms with Crippen molar-refractivity contribution < 1.29 is 19.1 Å². The molecule has 0 aliphatic heterocycles. The number of rotatable bonds is 4. The second kappa shape index (κ2) is 6.88. The Bertz CT molecular complexity index is 547. The van der Waals surface area contributed by atoms with Gasteiger partial charge in [0.15, 0.2) is 5.69 Å². The molecule has 0 atom stereocenters. The van der Waals surface area contributed by atoms with E-state index in [2.05, 4.69) is 16.9 Å². The van der Waals surface area contributed by atoms with Crippen molar-refractivity contribution in [3.63, 3.8) is 0 Å². The number of anilines is 1. The van der Waals surface area contributed by atoms with Crippen LogP contribution in [0.15, 0.2) is 18.8 Å². The van der Waals surface area contributed by atoms with Crippen LogP contribution < -0.4 is 5.32 Å². The number of nitrogens with one attached hydrogen (secondary N) is 1. The smallest absolute Gasteiger partial charge is 0.412 e. The highest BCUT2D eigenvalue weighted by molar-refractivity contribution is 5.98. The van der Waals surface area contributed by atoms with Gasteiger partial charge in [0.2, 0.25) is 0 Å². The van der Waals surface area contributed by atoms with Gasteiger partial charge >= 0.3 is 12.1 Å². The van der Waals surface area contributed by atoms with E-state index in [9.17, 15) is 9.59 Å². The number of amides is 1. The molecule has 0 saturated heterocycles. The SMILES string of the molecule is C=Cc1cnc(C(=O)OCC)c(NC(=O)OC(C)(C)C)c1. The molecule has 6 heteroatoms. The van der Waals surface area contributed by atoms with Gasteiger partial charge in [-0.15, -0.1) is 0 Å². The molecule has 1 rings (SSSR count). The van der Waals surface area contributed by atoms with Crippen LogP contribution in [0.5, 0.6) is 0 Å². The van der Waals surface area contributed by atoms with Crippen molar-refractivity contribution in [2.24, 2.45) is 0 Å². The predicted molar refractivity (Wildman–Crippen MR) is 80.1 cm³/mol. The van der Waals surface area contributed by atoms with Crippen LogP contribution in [-0.2, 0) is 9.47 Å². The molecular weight excluding hydrogens is 272 g/mol. The zero-order valence-corrected chi connectivity index (χ0v) is 12.7. The van der Waals surface area contributed by atoms with E-state index in [0.717, 1.165) is 0 Å². The fourth-order valence-electron chi connectivity index (χ4n) is 1.46. The third kappa shape index (κ3) is 5.25. The van der Waals surface area contributed by atoms with Crippen molar-refractivity contribution in [2.45, 2.75) is 33.3 Å². The lowest BCUT2D eigenvalue weighted by atomic mass is 10.2. The van der Waals surface area contributed by atoms with Gasteiger partial charge in [-0.05, 0) is 39.3 Å². The highest BCUT2D eigenvalue weighted by Crippen LogP contribution is 2.18. The van der Waals surface area contributed by atoms with Crippen LogP contribution >= 0.6 is 0 Å². The Labute approximate surface area is 124 Å². The number of hydrogen-bond acceptors (Lipinski definition) is 5. The third-order valence-electron chi connectivity index (χ3n) is 2.25. The van der Waals surface area contributed by atoms with Crippen molar-refractivity contribution in [1.29, 1.82) is 0 Å². The van der Waals surface area contributed by atoms with Crippen LogP contribution in [0.25, 0.3) is 6.08 Å². The Morgan fingerprint density at radius 2 is 2.10 bits per heavy atom. The van der Waals surface area contributed by atoms with E-state index < -0.39 is 17.7 Å². The van der Waals surface area contributed by atoms with Crippen LogP contribution in [0, 0.1) is 0 Å². The van der Waals surface area contributed by atoms with Gasteiger partial charge in [0.25, 0.3) is 0 Å². The van der Waals surface area contributed by atoms with Gasteiger partial charge in [0, 0.05) is 6.20 Å². The first kappa shape index (κ1) is 16.7. The minimum Gasteiger partial charge on any atom is -0.461 e. The first-order chi connectivity index (χ1) is 9.76. The fraction of sp³-hybridized carbons (Fsp3) is 0.400. The number of carbonyl (C=O) groups excluding carboxylic acids is 2. The number of pyridine rings is 1. The third-order valence-corrected chi connectivity index (χ3v) is 2.25. The molecule has 1 heterocycles. The molecule has 114 valence electrons. The molecule has 0 saturated carbocycles. The number of aromatic nitrogens is 1. The lowest BCUT2D eigenvalue weighted by molar-refractivity contribution is 0.0521. The fourth-order valence-corrected chi connectivity index (χ4v) is 1.46. The molecule has 0 aromatic carbocycles. The monoisotopic (exact) mass is 292 g/mol. The first-order valence-corrected chi connectivity index (χ1v) is 6.56. The summed E-state index contributed by atoms with van der Waals surface area (Å²) in [6.45, 7) is 10.8. The van der Waals surface area contributed by atoms with Crippen molar-refractivity contribution in [3.05, 3.63) is 30.1 Å². The van der Waals surface area contributed by atoms with Crippen LogP contribution in [0.2, 0.25) is 0 Å². The van der Waals surface area contributed by atoms with Gasteiger partial charge in [0.1, 0.15) is 5.60 Å². The molecule has 0 aliphatic rings. The average molecular weight is 292 g/mol. The maximum Gasteiger partial charge on any atom is 0.412 e. The average Bonchev–Trinajstić information content (AvgIpc) is 2.36. The summed E-state index contributed by atoms with van der Waals surface area (Å²) in [6, 6.07) is 1.58. The number of ether oxygens (including phenoxy) is 2. The Morgan fingerprint density at radius 3 is 2.62 bits per heavy atom. The van der Waals surface area contributed by atoms with E-state index >= 15 is 0 Å². The first-order valence-electron chi connectivity index (χ1n) is 6.56. The Hall–Kier alpha value is -2.37. The van der Waals surface area contributed by atoms with E-state index in [1.807, 2.05) is 0 Å². The largest absolute Gasteiger partial charge is 0.461 e. The Morgan fingerprint density at radius 1 is 1.43 bits per heavy atom. The summed E-state index contributed by atoms with van der Waals surface area (Å²) in [5, 5.41) is 2.51. The highest BCUT2D eigenvalue weighted by atomic mass is 16.6. The zero-order valence-electron chi connectivity index (χ0n) is 12.7. The molecule has 0 aliphatic carbocycles. The summed E-state index contributed by atoms with van der Waals surface area (Å²) in [5.74, 6) is -0.612. The van der Waals surface area contributed by atoms with Crippen molar-refractivity contribution in [1.82, 2.24) is 4.98 Å². The Balaban J connectivity index is 3.04. The van der Waals surface area contributed by atoms with Gasteiger partial charge in [0.05, 0.1) is 12.3 Å². The maximum atomic E-state index is 11.8. The maximum absolute atomic E-state index is 11.8. The van der Waals surface area contributed by atoms with Crippen LogP contribution in [0.4, 0.5) is 10.5 Å². The summed E-state index contributed by atoms with van der Waals surface area (Å²) in [5.41, 5.74) is 0.264. The number of nitrogens with zero attached hydrogens (tertiary/aromatic N) is 1. The quantitative estimate of drug-likeness (QED) is 0.862. The van der Waals surface area contributed by atoms with Crippen molar-refractivity contribution >= 4 is 23.8 Å². The molecule has 0 radical (unpaired) electrons. The molecule has 1 aromatic heterocycles. The molecule has 1 aromatic rings. The lowest BCUT2D eigenvalue weighted by Gasteiger charge is -2.20. The standard InChI is InChI=1S/C15H20N2O4/c1-6-10-8-11(17-14(19)21-15(3,4)5)12(16-9-10)13(18)20-7-2/h6,8-9H,1,7H2,2-5H3,(H,17,19). The predicted octanol–water partition coefficient (Wildman–Crippen LogP) is 3.25. The van der Waals surface area contributed by atoms with Gasteiger partial charge in [-0.1, -0.05) is 12.7 Å². The van der Waals surface area contributed by atoms with Crippen LogP contribution in [-0.4, -0.2) is 29.3 Å². The van der Waals surface area contributed by atoms with E-state index in [4.69, 9.17) is 9.47 Å². The van der Waals surface area contributed by atoms with E-state index in [-0.39, 0.29) is 18.0 Å². The summed E-state index contributed by atoms with van der Waals surface area (Å²) in [7, 11) is 0. The number of hydrogen-bond donors (Lipinski definition) is 1. The Kier molecular flexibility index (Phi) is 5.46. The van der Waals surface area contributed by atoms with E-state index in [1.54, 1.807) is 39.8 Å². The minimum absolute atomic E-state index is 0.0216. The van der Waals surface area contributed by atoms with E-state index in [1.165, 1.54) is 6.20 Å². The molecule has 1 N–H and O–H groups in total. The topological polar surface area (TPSA) is 77.5 Å². The normalized spacial score (nSPS) is 10.7. The van der Waals surface area contributed by atoms with Gasteiger partial charge in [-0.2, -0.15) is 0 Å². The molecule has 0 unspecified atom stereocenters. The van der Waals surface area contributed by atoms with Crippen molar-refractivity contribution in [2.75, 3.05) is 11.9 Å². The minimum atomic E-state index is -0.670. The lowest BCUT2D eigenvalue weighted by Crippen LogP contribution is -2.28. The number of esters is 1. The summed E-state index contributed by atoms with van der Waals surface area (Å²) in [4.78, 5) is 27.7. The second-order valence-corrected chi connectivity index (χ2v) is 5.22. The molecule has 0 fully saturated rings. The summed E-state index contributed by atoms with van der Waals surface area (Å²) in [6.07, 6.45) is 2.36.